The van der Waals surface area contributed by atoms with Gasteiger partial charge >= 0.3 is 0 Å². The third kappa shape index (κ3) is 4.79. The van der Waals surface area contributed by atoms with Crippen LogP contribution in [0.15, 0.2) is 54.2 Å². The number of Topliss-reactive ketones (excluding diaryl/α,β-unsaturated/α-hetero) is 1. The van der Waals surface area contributed by atoms with Gasteiger partial charge in [0.2, 0.25) is 0 Å². The molecule has 0 aliphatic carbocycles. The van der Waals surface area contributed by atoms with Crippen molar-refractivity contribution in [1.29, 1.82) is 0 Å². The van der Waals surface area contributed by atoms with Crippen molar-refractivity contribution in [3.8, 4) is 5.75 Å². The van der Waals surface area contributed by atoms with Gasteiger partial charge in [0, 0.05) is 19.9 Å². The molecule has 1 aliphatic rings. The van der Waals surface area contributed by atoms with Crippen LogP contribution in [-0.2, 0) is 14.3 Å². The van der Waals surface area contributed by atoms with Crippen molar-refractivity contribution in [2.45, 2.75) is 39.2 Å². The van der Waals surface area contributed by atoms with Crippen molar-refractivity contribution in [1.82, 2.24) is 14.3 Å². The van der Waals surface area contributed by atoms with E-state index in [9.17, 15) is 14.7 Å². The molecule has 8 nitrogen and oxygen atoms in total. The maximum atomic E-state index is 13.2. The van der Waals surface area contributed by atoms with E-state index in [-0.39, 0.29) is 24.5 Å². The highest BCUT2D eigenvalue weighted by Gasteiger charge is 2.46. The predicted octanol–water partition coefficient (Wildman–Crippen LogP) is 4.28. The second kappa shape index (κ2) is 10.7. The van der Waals surface area contributed by atoms with Crippen molar-refractivity contribution in [2.24, 2.45) is 0 Å². The lowest BCUT2D eigenvalue weighted by Crippen LogP contribution is -2.32. The van der Waals surface area contributed by atoms with E-state index in [1.807, 2.05) is 42.5 Å². The number of fused-ring (bicyclic) bond motifs is 1. The van der Waals surface area contributed by atoms with E-state index in [1.54, 1.807) is 17.5 Å². The van der Waals surface area contributed by atoms with Crippen LogP contribution in [0.5, 0.6) is 5.75 Å². The molecule has 35 heavy (non-hydrogen) atoms. The van der Waals surface area contributed by atoms with Crippen molar-refractivity contribution in [3.05, 3.63) is 71.2 Å². The molecule has 0 bridgehead atoms. The Morgan fingerprint density at radius 2 is 1.86 bits per heavy atom. The van der Waals surface area contributed by atoms with Crippen molar-refractivity contribution >= 4 is 23.1 Å². The molecular formula is C27H31N3O5. The molecule has 1 N–H and O–H groups in total. The quantitative estimate of drug-likeness (QED) is 0.203. The summed E-state index contributed by atoms with van der Waals surface area (Å²) in [5, 5.41) is 11.4. The Bertz CT molecular complexity index is 1250. The first-order chi connectivity index (χ1) is 17.0. The first-order valence-electron chi connectivity index (χ1n) is 11.9. The van der Waals surface area contributed by atoms with E-state index in [0.29, 0.717) is 29.2 Å². The van der Waals surface area contributed by atoms with E-state index < -0.39 is 17.7 Å². The van der Waals surface area contributed by atoms with Crippen LogP contribution in [0.25, 0.3) is 11.4 Å². The number of carbonyl (C=O) groups excluding carboxylic acids is 2. The average Bonchev–Trinajstić information content (AvgIpc) is 3.33. The number of amides is 1. The predicted molar refractivity (Wildman–Crippen MR) is 132 cm³/mol. The standard InChI is InChI=1S/C27H31N3O5/c1-4-5-8-16-35-20-12-10-19(11-13-20)24-22(26(32)27(33)30(24)15-17-34-3)25(31)23-18(2)28-21-9-6-7-14-29(21)23/h6-7,9-14,24,31H,4-5,8,15-17H2,1-3H3/b25-22+. The molecule has 1 atom stereocenters. The molecule has 4 rings (SSSR count). The van der Waals surface area contributed by atoms with Gasteiger partial charge in [-0.15, -0.1) is 0 Å². The molecule has 1 fully saturated rings. The molecule has 1 aliphatic heterocycles. The molecule has 2 aromatic heterocycles. The molecule has 3 aromatic rings. The van der Waals surface area contributed by atoms with E-state index in [0.717, 1.165) is 25.0 Å². The summed E-state index contributed by atoms with van der Waals surface area (Å²) in [5.41, 5.74) is 2.34. The van der Waals surface area contributed by atoms with Crippen LogP contribution in [0.2, 0.25) is 0 Å². The lowest BCUT2D eigenvalue weighted by Gasteiger charge is -2.25. The zero-order valence-corrected chi connectivity index (χ0v) is 20.4. The van der Waals surface area contributed by atoms with Gasteiger partial charge in [-0.25, -0.2) is 4.98 Å². The first-order valence-corrected chi connectivity index (χ1v) is 11.9. The van der Waals surface area contributed by atoms with Crippen LogP contribution in [0.1, 0.15) is 49.2 Å². The van der Waals surface area contributed by atoms with Crippen LogP contribution in [-0.4, -0.2) is 57.9 Å². The Balaban J connectivity index is 1.77. The number of ether oxygens (including phenoxy) is 2. The molecule has 1 amide bonds. The molecule has 8 heteroatoms. The molecule has 3 heterocycles. The van der Waals surface area contributed by atoms with Crippen LogP contribution < -0.4 is 4.74 Å². The number of ketones is 1. The molecule has 0 radical (unpaired) electrons. The summed E-state index contributed by atoms with van der Waals surface area (Å²) in [7, 11) is 1.54. The van der Waals surface area contributed by atoms with E-state index in [2.05, 4.69) is 11.9 Å². The summed E-state index contributed by atoms with van der Waals surface area (Å²) in [6, 6.07) is 12.1. The zero-order valence-electron chi connectivity index (χ0n) is 20.4. The minimum atomic E-state index is -0.757. The normalized spacial score (nSPS) is 17.5. The maximum absolute atomic E-state index is 13.2. The molecule has 0 spiro atoms. The number of imidazole rings is 1. The van der Waals surface area contributed by atoms with Crippen molar-refractivity contribution < 1.29 is 24.2 Å². The van der Waals surface area contributed by atoms with E-state index >= 15 is 0 Å². The number of nitrogens with zero attached hydrogens (tertiary/aromatic N) is 3. The molecule has 1 unspecified atom stereocenters. The smallest absolute Gasteiger partial charge is 0.295 e. The van der Waals surface area contributed by atoms with Gasteiger partial charge in [-0.3, -0.25) is 14.0 Å². The Kier molecular flexibility index (Phi) is 7.51. The number of likely N-dealkylation sites (tertiary alicyclic amines) is 1. The highest BCUT2D eigenvalue weighted by atomic mass is 16.5. The Hall–Kier alpha value is -3.65. The second-order valence-electron chi connectivity index (χ2n) is 8.58. The van der Waals surface area contributed by atoms with Gasteiger partial charge in [0.1, 0.15) is 17.1 Å². The number of aliphatic hydroxyl groups is 1. The summed E-state index contributed by atoms with van der Waals surface area (Å²) in [6.07, 6.45) is 4.97. The maximum Gasteiger partial charge on any atom is 0.295 e. The monoisotopic (exact) mass is 477 g/mol. The fraction of sp³-hybridized carbons (Fsp3) is 0.370. The highest BCUT2D eigenvalue weighted by Crippen LogP contribution is 2.40. The molecule has 0 saturated carbocycles. The topological polar surface area (TPSA) is 93.4 Å². The number of unbranched alkanes of at least 4 members (excludes halogenated alkanes) is 2. The van der Waals surface area contributed by atoms with Crippen LogP contribution in [0.3, 0.4) is 0 Å². The number of benzene rings is 1. The number of aryl methyl sites for hydroxylation is 1. The summed E-state index contributed by atoms with van der Waals surface area (Å²) in [4.78, 5) is 32.2. The average molecular weight is 478 g/mol. The van der Waals surface area contributed by atoms with Crippen LogP contribution >= 0.6 is 0 Å². The Morgan fingerprint density at radius 1 is 1.09 bits per heavy atom. The fourth-order valence-electron chi connectivity index (χ4n) is 4.46. The Morgan fingerprint density at radius 3 is 2.57 bits per heavy atom. The van der Waals surface area contributed by atoms with Gasteiger partial charge < -0.3 is 19.5 Å². The van der Waals surface area contributed by atoms with Gasteiger partial charge in [-0.05, 0) is 43.2 Å². The number of pyridine rings is 1. The number of methoxy groups -OCH3 is 1. The lowest BCUT2D eigenvalue weighted by molar-refractivity contribution is -0.140. The van der Waals surface area contributed by atoms with Crippen molar-refractivity contribution in [2.75, 3.05) is 26.9 Å². The third-order valence-corrected chi connectivity index (χ3v) is 6.22. The molecule has 1 aromatic carbocycles. The number of aliphatic hydroxyl groups excluding tert-OH is 1. The van der Waals surface area contributed by atoms with E-state index in [1.165, 1.54) is 12.0 Å². The summed E-state index contributed by atoms with van der Waals surface area (Å²) < 4.78 is 12.7. The molecular weight excluding hydrogens is 446 g/mol. The summed E-state index contributed by atoms with van der Waals surface area (Å²) in [6.45, 7) is 5.01. The Labute approximate surface area is 204 Å². The first kappa shape index (κ1) is 24.5. The zero-order chi connectivity index (χ0) is 24.9. The summed E-state index contributed by atoms with van der Waals surface area (Å²) >= 11 is 0. The third-order valence-electron chi connectivity index (χ3n) is 6.22. The fourth-order valence-corrected chi connectivity index (χ4v) is 4.46. The van der Waals surface area contributed by atoms with Gasteiger partial charge in [0.15, 0.2) is 5.76 Å². The minimum absolute atomic E-state index is 0.0384. The number of hydrogen-bond acceptors (Lipinski definition) is 6. The second-order valence-corrected chi connectivity index (χ2v) is 8.58. The minimum Gasteiger partial charge on any atom is -0.505 e. The molecule has 184 valence electrons. The molecule has 1 saturated heterocycles. The highest BCUT2D eigenvalue weighted by molar-refractivity contribution is 6.46. The lowest BCUT2D eigenvalue weighted by atomic mass is 9.96. The van der Waals surface area contributed by atoms with Crippen molar-refractivity contribution in [3.63, 3.8) is 0 Å². The SMILES string of the molecule is CCCCCOc1ccc(C2/C(=C(\O)c3c(C)nc4ccccn34)C(=O)C(=O)N2CCOC)cc1. The van der Waals surface area contributed by atoms with Crippen LogP contribution in [0, 0.1) is 6.92 Å². The van der Waals surface area contributed by atoms with Crippen LogP contribution in [0.4, 0.5) is 0 Å². The van der Waals surface area contributed by atoms with Gasteiger partial charge in [0.05, 0.1) is 30.5 Å². The number of carbonyl (C=O) groups is 2. The van der Waals surface area contributed by atoms with E-state index in [4.69, 9.17) is 9.47 Å². The number of aromatic nitrogens is 2. The van der Waals surface area contributed by atoms with Gasteiger partial charge in [-0.2, -0.15) is 0 Å². The number of hydrogen-bond donors (Lipinski definition) is 1. The number of rotatable bonds is 10. The van der Waals surface area contributed by atoms with Gasteiger partial charge in [0.25, 0.3) is 11.7 Å². The summed E-state index contributed by atoms with van der Waals surface area (Å²) in [5.74, 6) is -0.922. The largest absolute Gasteiger partial charge is 0.505 e. The van der Waals surface area contributed by atoms with Gasteiger partial charge in [-0.1, -0.05) is 38.0 Å².